The highest BCUT2D eigenvalue weighted by Crippen LogP contribution is 2.34. The molecule has 0 aliphatic rings. The van der Waals surface area contributed by atoms with Crippen LogP contribution in [0.25, 0.3) is 39.2 Å². The quantitative estimate of drug-likeness (QED) is 0.164. The zero-order chi connectivity index (χ0) is 26.8. The summed E-state index contributed by atoms with van der Waals surface area (Å²) in [6.07, 6.45) is 0. The van der Waals surface area contributed by atoms with E-state index < -0.39 is 0 Å². The van der Waals surface area contributed by atoms with Crippen LogP contribution < -0.4 is 4.74 Å². The number of hydrogen-bond acceptors (Lipinski definition) is 5. The summed E-state index contributed by atoms with van der Waals surface area (Å²) in [5.41, 5.74) is 6.40. The number of aryl methyl sites for hydroxylation is 1. The Kier molecular flexibility index (Phi) is 6.73. The molecule has 0 fully saturated rings. The van der Waals surface area contributed by atoms with Crippen LogP contribution in [0.5, 0.6) is 5.75 Å². The normalized spacial score (nSPS) is 11.1. The lowest BCUT2D eigenvalue weighted by Gasteiger charge is -2.11. The van der Waals surface area contributed by atoms with E-state index in [1.54, 1.807) is 7.11 Å². The number of hydrogen-bond donors (Lipinski definition) is 1. The minimum absolute atomic E-state index is 0.0256. The molecule has 6 aromatic rings. The minimum Gasteiger partial charge on any atom is -0.497 e. The van der Waals surface area contributed by atoms with Gasteiger partial charge >= 0.3 is 0 Å². The second-order valence-corrected chi connectivity index (χ2v) is 10.2. The largest absolute Gasteiger partial charge is 0.497 e. The molecule has 0 saturated carbocycles. The van der Waals surface area contributed by atoms with E-state index in [1.807, 2.05) is 95.6 Å². The lowest BCUT2D eigenvalue weighted by molar-refractivity contribution is 0.102. The van der Waals surface area contributed by atoms with E-state index in [0.717, 1.165) is 44.7 Å². The van der Waals surface area contributed by atoms with Crippen LogP contribution in [0.1, 0.15) is 15.9 Å². The van der Waals surface area contributed by atoms with E-state index in [2.05, 4.69) is 34.2 Å². The van der Waals surface area contributed by atoms with Crippen molar-refractivity contribution in [3.8, 4) is 34.1 Å². The molecule has 2 aromatic heterocycles. The molecule has 192 valence electrons. The molecule has 6 nitrogen and oxygen atoms in total. The fourth-order valence-corrected chi connectivity index (χ4v) is 5.52. The van der Waals surface area contributed by atoms with Crippen molar-refractivity contribution in [2.75, 3.05) is 12.9 Å². The number of fused-ring (bicyclic) bond motifs is 1. The number of ether oxygens (including phenoxy) is 1. The fraction of sp³-hybridized carbons (Fsp3) is 0.0938. The monoisotopic (exact) mass is 530 g/mol. The van der Waals surface area contributed by atoms with Crippen molar-refractivity contribution >= 4 is 28.4 Å². The minimum atomic E-state index is 0.0256. The van der Waals surface area contributed by atoms with Gasteiger partial charge in [0.05, 0.1) is 24.1 Å². The van der Waals surface area contributed by atoms with E-state index in [1.165, 1.54) is 11.8 Å². The third kappa shape index (κ3) is 4.84. The lowest BCUT2D eigenvalue weighted by Crippen LogP contribution is -2.06. The predicted molar refractivity (Wildman–Crippen MR) is 157 cm³/mol. The van der Waals surface area contributed by atoms with Crippen LogP contribution in [0.3, 0.4) is 0 Å². The Labute approximate surface area is 230 Å². The summed E-state index contributed by atoms with van der Waals surface area (Å²) >= 11 is 1.38. The zero-order valence-electron chi connectivity index (χ0n) is 21.6. The highest BCUT2D eigenvalue weighted by Gasteiger charge is 2.22. The molecule has 0 aliphatic carbocycles. The molecule has 0 amide bonds. The summed E-state index contributed by atoms with van der Waals surface area (Å²) in [5.74, 6) is 1.66. The van der Waals surface area contributed by atoms with Crippen LogP contribution in [0.2, 0.25) is 0 Å². The maximum Gasteiger partial charge on any atom is 0.196 e. The Morgan fingerprint density at radius 3 is 2.41 bits per heavy atom. The van der Waals surface area contributed by atoms with Gasteiger partial charge in [-0.1, -0.05) is 90.1 Å². The predicted octanol–water partition coefficient (Wildman–Crippen LogP) is 7.37. The second-order valence-electron chi connectivity index (χ2n) is 9.21. The highest BCUT2D eigenvalue weighted by atomic mass is 32.2. The van der Waals surface area contributed by atoms with Gasteiger partial charge in [0.25, 0.3) is 0 Å². The maximum absolute atomic E-state index is 13.8. The molecule has 0 unspecified atom stereocenters. The van der Waals surface area contributed by atoms with Gasteiger partial charge in [-0.3, -0.25) is 9.36 Å². The van der Waals surface area contributed by atoms with Gasteiger partial charge in [-0.15, -0.1) is 10.2 Å². The van der Waals surface area contributed by atoms with Crippen molar-refractivity contribution in [1.29, 1.82) is 0 Å². The lowest BCUT2D eigenvalue weighted by atomic mass is 10.0. The Morgan fingerprint density at radius 1 is 0.872 bits per heavy atom. The van der Waals surface area contributed by atoms with Gasteiger partial charge in [0, 0.05) is 22.2 Å². The third-order valence-electron chi connectivity index (χ3n) is 6.63. The van der Waals surface area contributed by atoms with Crippen molar-refractivity contribution < 1.29 is 9.53 Å². The number of aromatic nitrogens is 4. The number of thioether (sulfide) groups is 1. The van der Waals surface area contributed by atoms with Crippen LogP contribution in [-0.2, 0) is 0 Å². The number of aromatic amines is 1. The van der Waals surface area contributed by atoms with Gasteiger partial charge in [0.2, 0.25) is 0 Å². The van der Waals surface area contributed by atoms with Gasteiger partial charge in [-0.25, -0.2) is 0 Å². The van der Waals surface area contributed by atoms with Crippen molar-refractivity contribution in [3.63, 3.8) is 0 Å². The Balaban J connectivity index is 1.38. The van der Waals surface area contributed by atoms with E-state index in [-0.39, 0.29) is 11.5 Å². The van der Waals surface area contributed by atoms with Crippen LogP contribution in [0.15, 0.2) is 108 Å². The van der Waals surface area contributed by atoms with Crippen LogP contribution in [-0.4, -0.2) is 38.4 Å². The number of carbonyl (C=O) groups excluding carboxylic acids is 1. The number of carbonyl (C=O) groups is 1. The summed E-state index contributed by atoms with van der Waals surface area (Å²) < 4.78 is 7.44. The first-order valence-electron chi connectivity index (χ1n) is 12.6. The van der Waals surface area contributed by atoms with E-state index in [0.29, 0.717) is 16.5 Å². The zero-order valence-corrected chi connectivity index (χ0v) is 22.4. The van der Waals surface area contributed by atoms with Crippen LogP contribution in [0.4, 0.5) is 0 Å². The first-order chi connectivity index (χ1) is 19.1. The molecular weight excluding hydrogens is 504 g/mol. The van der Waals surface area contributed by atoms with Crippen molar-refractivity contribution in [1.82, 2.24) is 19.7 Å². The SMILES string of the molecule is COc1cccc(-c2nnc(SCC(=O)c3c(-c4ccccc4)[nH]c4ccccc34)n2-c2ccc(C)cc2)c1. The van der Waals surface area contributed by atoms with Gasteiger partial charge in [-0.2, -0.15) is 0 Å². The van der Waals surface area contributed by atoms with Gasteiger partial charge in [0.1, 0.15) is 5.75 Å². The van der Waals surface area contributed by atoms with E-state index in [4.69, 9.17) is 4.74 Å². The number of methoxy groups -OCH3 is 1. The molecule has 39 heavy (non-hydrogen) atoms. The van der Waals surface area contributed by atoms with Crippen LogP contribution >= 0.6 is 11.8 Å². The second kappa shape index (κ2) is 10.6. The molecule has 0 radical (unpaired) electrons. The van der Waals surface area contributed by atoms with Crippen molar-refractivity contribution in [2.45, 2.75) is 12.1 Å². The smallest absolute Gasteiger partial charge is 0.196 e. The van der Waals surface area contributed by atoms with E-state index >= 15 is 0 Å². The van der Waals surface area contributed by atoms with E-state index in [9.17, 15) is 4.79 Å². The van der Waals surface area contributed by atoms with Gasteiger partial charge in [0.15, 0.2) is 16.8 Å². The highest BCUT2D eigenvalue weighted by molar-refractivity contribution is 7.99. The molecular formula is C32H26N4O2S. The summed E-state index contributed by atoms with van der Waals surface area (Å²) in [6, 6.07) is 33.8. The molecule has 4 aromatic carbocycles. The number of benzene rings is 4. The molecule has 7 heteroatoms. The molecule has 2 heterocycles. The summed E-state index contributed by atoms with van der Waals surface area (Å²) in [4.78, 5) is 17.3. The van der Waals surface area contributed by atoms with Crippen LogP contribution in [0, 0.1) is 6.92 Å². The molecule has 0 spiro atoms. The summed E-state index contributed by atoms with van der Waals surface area (Å²) in [5, 5.41) is 10.6. The van der Waals surface area contributed by atoms with Gasteiger partial charge < -0.3 is 9.72 Å². The molecule has 0 atom stereocenters. The molecule has 6 rings (SSSR count). The first-order valence-corrected chi connectivity index (χ1v) is 13.6. The number of rotatable bonds is 8. The Bertz CT molecular complexity index is 1770. The van der Waals surface area contributed by atoms with Crippen molar-refractivity contribution in [3.05, 3.63) is 114 Å². The number of ketones is 1. The number of nitrogens with one attached hydrogen (secondary N) is 1. The Hall–Kier alpha value is -4.62. The average molecular weight is 531 g/mol. The van der Waals surface area contributed by atoms with Gasteiger partial charge in [-0.05, 0) is 42.8 Å². The standard InChI is InChI=1S/C32H26N4O2S/c1-21-15-17-24(18-16-21)36-31(23-11-8-12-25(19-23)38-2)34-35-32(36)39-20-28(37)29-26-13-6-7-14-27(26)33-30(29)22-9-4-3-5-10-22/h3-19,33H,20H2,1-2H3. The summed E-state index contributed by atoms with van der Waals surface area (Å²) in [6.45, 7) is 2.05. The Morgan fingerprint density at radius 2 is 1.62 bits per heavy atom. The number of H-pyrrole nitrogens is 1. The number of para-hydroxylation sites is 1. The number of Topliss-reactive ketones (excluding diaryl/α,β-unsaturated/α-hetero) is 1. The summed E-state index contributed by atoms with van der Waals surface area (Å²) in [7, 11) is 1.64. The maximum atomic E-state index is 13.8. The molecule has 1 N–H and O–H groups in total. The molecule has 0 aliphatic heterocycles. The third-order valence-corrected chi connectivity index (χ3v) is 7.56. The molecule has 0 saturated heterocycles. The average Bonchev–Trinajstić information content (AvgIpc) is 3.59. The molecule has 0 bridgehead atoms. The number of nitrogens with zero attached hydrogens (tertiary/aromatic N) is 3. The fourth-order valence-electron chi connectivity index (χ4n) is 4.69. The topological polar surface area (TPSA) is 72.8 Å². The van der Waals surface area contributed by atoms with Crippen molar-refractivity contribution in [2.24, 2.45) is 0 Å². The first kappa shape index (κ1) is 24.7.